The number of nitrogens with zero attached hydrogens (tertiary/aromatic N) is 1. The molecule has 1 saturated carbocycles. The Kier molecular flexibility index (Phi) is 6.35. The quantitative estimate of drug-likeness (QED) is 0.581. The van der Waals surface area contributed by atoms with E-state index in [4.69, 9.17) is 4.74 Å². The Labute approximate surface area is 188 Å². The van der Waals surface area contributed by atoms with Crippen molar-refractivity contribution in [2.75, 3.05) is 13.2 Å². The molecule has 2 aliphatic rings. The zero-order chi connectivity index (χ0) is 23.8. The molecule has 4 nitrogen and oxygen atoms in total. The van der Waals surface area contributed by atoms with Gasteiger partial charge in [-0.15, -0.1) is 0 Å². The van der Waals surface area contributed by atoms with Gasteiger partial charge < -0.3 is 10.1 Å². The summed E-state index contributed by atoms with van der Waals surface area (Å²) in [7, 11) is 0. The molecule has 9 heteroatoms. The van der Waals surface area contributed by atoms with Crippen LogP contribution in [0.15, 0.2) is 42.5 Å². The third kappa shape index (κ3) is 5.82. The van der Waals surface area contributed by atoms with Crippen molar-refractivity contribution >= 4 is 5.91 Å². The summed E-state index contributed by atoms with van der Waals surface area (Å²) in [6.07, 6.45) is -4.20. The average molecular weight is 468 g/mol. The Morgan fingerprint density at radius 3 is 2.52 bits per heavy atom. The second-order valence-corrected chi connectivity index (χ2v) is 8.80. The summed E-state index contributed by atoms with van der Waals surface area (Å²) in [6, 6.07) is 12.1. The number of hydrogen-bond donors (Lipinski definition) is 1. The number of amides is 1. The van der Waals surface area contributed by atoms with Crippen molar-refractivity contribution in [2.24, 2.45) is 5.92 Å². The molecular formula is C24H25F5N2O2. The number of fused-ring (bicyclic) bond motifs is 1. The van der Waals surface area contributed by atoms with E-state index in [0.717, 1.165) is 36.2 Å². The van der Waals surface area contributed by atoms with Gasteiger partial charge in [0.15, 0.2) is 0 Å². The molecule has 0 bridgehead atoms. The van der Waals surface area contributed by atoms with E-state index in [1.54, 1.807) is 12.1 Å². The van der Waals surface area contributed by atoms with Gasteiger partial charge in [-0.05, 0) is 47.7 Å². The molecule has 0 aromatic heterocycles. The second-order valence-electron chi connectivity index (χ2n) is 8.80. The molecular weight excluding hydrogens is 443 g/mol. The standard InChI is InChI=1S/C24H25F5N2O2/c1-15(30-22(32)24(27,28)29)17-4-2-16(3-5-17)12-31-9-8-18-10-21(7-6-19(18)13-31)33-14-20-11-23(20,25)26/h2-7,10,15,20H,8-9,11-14H2,1H3,(H,30,32)/t15-,20?/m0/s1. The van der Waals surface area contributed by atoms with Crippen LogP contribution in [0.5, 0.6) is 5.75 Å². The lowest BCUT2D eigenvalue weighted by molar-refractivity contribution is -0.174. The molecule has 2 aromatic carbocycles. The number of carbonyl (C=O) groups is 1. The third-order valence-electron chi connectivity index (χ3n) is 6.17. The van der Waals surface area contributed by atoms with E-state index in [2.05, 4.69) is 4.90 Å². The maximum Gasteiger partial charge on any atom is 0.471 e. The van der Waals surface area contributed by atoms with Crippen molar-refractivity contribution in [3.05, 3.63) is 64.7 Å². The number of alkyl halides is 5. The number of rotatable bonds is 7. The van der Waals surface area contributed by atoms with Gasteiger partial charge in [0.05, 0.1) is 18.6 Å². The third-order valence-corrected chi connectivity index (χ3v) is 6.17. The van der Waals surface area contributed by atoms with Crippen molar-refractivity contribution in [3.8, 4) is 5.75 Å². The molecule has 2 aromatic rings. The minimum atomic E-state index is -4.91. The topological polar surface area (TPSA) is 41.6 Å². The maximum absolute atomic E-state index is 13.0. The predicted octanol–water partition coefficient (Wildman–Crippen LogP) is 5.02. The fourth-order valence-electron chi connectivity index (χ4n) is 3.99. The van der Waals surface area contributed by atoms with Crippen molar-refractivity contribution < 1.29 is 31.5 Å². The van der Waals surface area contributed by atoms with Crippen molar-refractivity contribution in [3.63, 3.8) is 0 Å². The molecule has 1 amide bonds. The molecule has 4 rings (SSSR count). The van der Waals surface area contributed by atoms with Gasteiger partial charge in [0, 0.05) is 26.1 Å². The molecule has 1 aliphatic carbocycles. The van der Waals surface area contributed by atoms with Gasteiger partial charge in [-0.25, -0.2) is 8.78 Å². The van der Waals surface area contributed by atoms with Crippen LogP contribution in [0.3, 0.4) is 0 Å². The summed E-state index contributed by atoms with van der Waals surface area (Å²) < 4.78 is 68.8. The second kappa shape index (κ2) is 8.93. The summed E-state index contributed by atoms with van der Waals surface area (Å²) in [5.74, 6) is -4.60. The summed E-state index contributed by atoms with van der Waals surface area (Å²) in [5, 5.41) is 1.95. The van der Waals surface area contributed by atoms with E-state index in [1.807, 2.05) is 35.6 Å². The molecule has 1 unspecified atom stereocenters. The monoisotopic (exact) mass is 468 g/mol. The average Bonchev–Trinajstić information content (AvgIpc) is 3.38. The van der Waals surface area contributed by atoms with Gasteiger partial charge >= 0.3 is 12.1 Å². The molecule has 1 fully saturated rings. The molecule has 1 aliphatic heterocycles. The molecule has 0 radical (unpaired) electrons. The van der Waals surface area contributed by atoms with E-state index >= 15 is 0 Å². The van der Waals surface area contributed by atoms with E-state index in [9.17, 15) is 26.7 Å². The zero-order valence-electron chi connectivity index (χ0n) is 18.1. The van der Waals surface area contributed by atoms with Gasteiger partial charge in [-0.2, -0.15) is 13.2 Å². The minimum absolute atomic E-state index is 0.0341. The van der Waals surface area contributed by atoms with E-state index in [1.165, 1.54) is 6.92 Å². The Balaban J connectivity index is 1.30. The van der Waals surface area contributed by atoms with Gasteiger partial charge in [-0.1, -0.05) is 30.3 Å². The van der Waals surface area contributed by atoms with E-state index in [0.29, 0.717) is 17.9 Å². The van der Waals surface area contributed by atoms with Crippen LogP contribution in [-0.2, 0) is 24.3 Å². The van der Waals surface area contributed by atoms with Crippen LogP contribution in [0.2, 0.25) is 0 Å². The highest BCUT2D eigenvalue weighted by molar-refractivity contribution is 5.82. The van der Waals surface area contributed by atoms with Crippen LogP contribution >= 0.6 is 0 Å². The van der Waals surface area contributed by atoms with Crippen LogP contribution in [0.4, 0.5) is 22.0 Å². The van der Waals surface area contributed by atoms with Crippen LogP contribution in [-0.4, -0.2) is 36.1 Å². The molecule has 0 saturated heterocycles. The molecule has 1 N–H and O–H groups in total. The summed E-state index contributed by atoms with van der Waals surface area (Å²) in [6.45, 7) is 3.77. The van der Waals surface area contributed by atoms with Crippen molar-refractivity contribution in [1.29, 1.82) is 0 Å². The highest BCUT2D eigenvalue weighted by atomic mass is 19.4. The van der Waals surface area contributed by atoms with Crippen LogP contribution < -0.4 is 10.1 Å². The molecule has 2 atom stereocenters. The minimum Gasteiger partial charge on any atom is -0.493 e. The molecule has 0 spiro atoms. The Morgan fingerprint density at radius 2 is 1.88 bits per heavy atom. The van der Waals surface area contributed by atoms with Crippen LogP contribution in [0.25, 0.3) is 0 Å². The lowest BCUT2D eigenvalue weighted by Gasteiger charge is -2.29. The highest BCUT2D eigenvalue weighted by Crippen LogP contribution is 2.48. The predicted molar refractivity (Wildman–Crippen MR) is 112 cm³/mol. The van der Waals surface area contributed by atoms with Gasteiger partial charge in [0.2, 0.25) is 0 Å². The van der Waals surface area contributed by atoms with Crippen molar-refractivity contribution in [2.45, 2.75) is 51.0 Å². The first-order valence-electron chi connectivity index (χ1n) is 10.8. The highest BCUT2D eigenvalue weighted by Gasteiger charge is 2.57. The van der Waals surface area contributed by atoms with E-state index < -0.39 is 30.0 Å². The number of halogens is 5. The first-order chi connectivity index (χ1) is 15.5. The molecule has 1 heterocycles. The SMILES string of the molecule is C[C@H](NC(=O)C(F)(F)F)c1ccc(CN2CCc3cc(OCC4CC4(F)F)ccc3C2)cc1. The molecule has 33 heavy (non-hydrogen) atoms. The Bertz CT molecular complexity index is 1010. The maximum atomic E-state index is 13.0. The lowest BCUT2D eigenvalue weighted by Crippen LogP contribution is -2.38. The normalized spacial score (nSPS) is 20.6. The number of hydrogen-bond acceptors (Lipinski definition) is 3. The molecule has 178 valence electrons. The summed E-state index contributed by atoms with van der Waals surface area (Å²) >= 11 is 0. The number of benzene rings is 2. The first kappa shape index (κ1) is 23.5. The van der Waals surface area contributed by atoms with Gasteiger partial charge in [0.25, 0.3) is 5.92 Å². The van der Waals surface area contributed by atoms with Crippen LogP contribution in [0, 0.1) is 5.92 Å². The van der Waals surface area contributed by atoms with Crippen LogP contribution in [0.1, 0.15) is 41.6 Å². The smallest absolute Gasteiger partial charge is 0.471 e. The Hall–Kier alpha value is -2.68. The number of carbonyl (C=O) groups excluding carboxylic acids is 1. The first-order valence-corrected chi connectivity index (χ1v) is 10.8. The number of nitrogens with one attached hydrogen (secondary N) is 1. The van der Waals surface area contributed by atoms with E-state index in [-0.39, 0.29) is 13.0 Å². The fourth-order valence-corrected chi connectivity index (χ4v) is 3.99. The fraction of sp³-hybridized carbons (Fsp3) is 0.458. The lowest BCUT2D eigenvalue weighted by atomic mass is 9.98. The van der Waals surface area contributed by atoms with Gasteiger partial charge in [-0.3, -0.25) is 9.69 Å². The Morgan fingerprint density at radius 1 is 1.18 bits per heavy atom. The van der Waals surface area contributed by atoms with Crippen molar-refractivity contribution in [1.82, 2.24) is 10.2 Å². The largest absolute Gasteiger partial charge is 0.493 e. The zero-order valence-corrected chi connectivity index (χ0v) is 18.1. The summed E-state index contributed by atoms with van der Waals surface area (Å²) in [5.41, 5.74) is 3.92. The summed E-state index contributed by atoms with van der Waals surface area (Å²) in [4.78, 5) is 13.4. The van der Waals surface area contributed by atoms with Gasteiger partial charge in [0.1, 0.15) is 5.75 Å². The number of ether oxygens (including phenoxy) is 1.